The Morgan fingerprint density at radius 1 is 1.25 bits per heavy atom. The van der Waals surface area contributed by atoms with Crippen molar-refractivity contribution in [3.63, 3.8) is 0 Å². The predicted octanol–water partition coefficient (Wildman–Crippen LogP) is 2.48. The molecule has 2 aromatic rings. The number of carbonyl (C=O) groups excluding carboxylic acids is 1. The number of nitrogens with zero attached hydrogens (tertiary/aromatic N) is 4. The summed E-state index contributed by atoms with van der Waals surface area (Å²) in [5.74, 6) is 2.55. The molecule has 2 heterocycles. The number of amides is 1. The SMILES string of the molecule is COc1ccc(C(=O)N2CCC[C@@H](c3nccn3CCN(C)C)C2)cc1OC. The average molecular weight is 386 g/mol. The number of benzene rings is 1. The van der Waals surface area contributed by atoms with Crippen molar-refractivity contribution in [1.82, 2.24) is 19.4 Å². The van der Waals surface area contributed by atoms with Crippen LogP contribution in [-0.2, 0) is 6.54 Å². The maximum atomic E-state index is 13.1. The zero-order valence-corrected chi connectivity index (χ0v) is 17.2. The topological polar surface area (TPSA) is 59.8 Å². The molecule has 0 spiro atoms. The number of aromatic nitrogens is 2. The molecule has 7 heteroatoms. The van der Waals surface area contributed by atoms with Crippen molar-refractivity contribution < 1.29 is 14.3 Å². The highest BCUT2D eigenvalue weighted by molar-refractivity contribution is 5.95. The lowest BCUT2D eigenvalue weighted by atomic mass is 9.96. The monoisotopic (exact) mass is 386 g/mol. The van der Waals surface area contributed by atoms with Crippen molar-refractivity contribution in [2.45, 2.75) is 25.3 Å². The minimum absolute atomic E-state index is 0.0250. The number of rotatable bonds is 7. The quantitative estimate of drug-likeness (QED) is 0.732. The van der Waals surface area contributed by atoms with Gasteiger partial charge in [0.1, 0.15) is 5.82 Å². The van der Waals surface area contributed by atoms with Crippen molar-refractivity contribution in [2.24, 2.45) is 0 Å². The zero-order valence-electron chi connectivity index (χ0n) is 17.2. The van der Waals surface area contributed by atoms with Gasteiger partial charge in [-0.3, -0.25) is 4.79 Å². The second-order valence-corrected chi connectivity index (χ2v) is 7.44. The number of likely N-dealkylation sites (N-methyl/N-ethyl adjacent to an activating group) is 1. The normalized spacial score (nSPS) is 17.0. The lowest BCUT2D eigenvalue weighted by Crippen LogP contribution is -2.40. The maximum Gasteiger partial charge on any atom is 0.254 e. The zero-order chi connectivity index (χ0) is 20.1. The van der Waals surface area contributed by atoms with Gasteiger partial charge in [-0.1, -0.05) is 0 Å². The Kier molecular flexibility index (Phi) is 6.57. The van der Waals surface area contributed by atoms with Crippen LogP contribution in [0.4, 0.5) is 0 Å². The molecule has 1 aromatic heterocycles. The Labute approximate surface area is 166 Å². The highest BCUT2D eigenvalue weighted by atomic mass is 16.5. The van der Waals surface area contributed by atoms with E-state index >= 15 is 0 Å². The summed E-state index contributed by atoms with van der Waals surface area (Å²) in [7, 11) is 7.31. The van der Waals surface area contributed by atoms with Crippen LogP contribution in [0.1, 0.15) is 34.9 Å². The number of imidazole rings is 1. The fourth-order valence-electron chi connectivity index (χ4n) is 3.70. The largest absolute Gasteiger partial charge is 0.493 e. The molecule has 1 saturated heterocycles. The van der Waals surface area contributed by atoms with Gasteiger partial charge in [-0.25, -0.2) is 4.98 Å². The van der Waals surface area contributed by atoms with Crippen LogP contribution in [0.2, 0.25) is 0 Å². The number of likely N-dealkylation sites (tertiary alicyclic amines) is 1. The fraction of sp³-hybridized carbons (Fsp3) is 0.524. The molecule has 1 amide bonds. The third-order valence-corrected chi connectivity index (χ3v) is 5.24. The molecule has 3 rings (SSSR count). The third-order valence-electron chi connectivity index (χ3n) is 5.24. The summed E-state index contributed by atoms with van der Waals surface area (Å²) >= 11 is 0. The second kappa shape index (κ2) is 9.10. The summed E-state index contributed by atoms with van der Waals surface area (Å²) in [5.41, 5.74) is 0.620. The molecule has 152 valence electrons. The van der Waals surface area contributed by atoms with Gasteiger partial charge in [-0.15, -0.1) is 0 Å². The van der Waals surface area contributed by atoms with E-state index in [2.05, 4.69) is 28.5 Å². The third kappa shape index (κ3) is 4.47. The van der Waals surface area contributed by atoms with Gasteiger partial charge in [0.25, 0.3) is 5.91 Å². The summed E-state index contributed by atoms with van der Waals surface area (Å²) in [6.45, 7) is 3.32. The summed E-state index contributed by atoms with van der Waals surface area (Å²) in [6, 6.07) is 5.33. The van der Waals surface area contributed by atoms with E-state index in [-0.39, 0.29) is 11.8 Å². The van der Waals surface area contributed by atoms with E-state index in [1.54, 1.807) is 32.4 Å². The van der Waals surface area contributed by atoms with Gasteiger partial charge < -0.3 is 23.8 Å². The summed E-state index contributed by atoms with van der Waals surface area (Å²) in [5, 5.41) is 0. The van der Waals surface area contributed by atoms with Crippen LogP contribution in [0.25, 0.3) is 0 Å². The Morgan fingerprint density at radius 3 is 2.75 bits per heavy atom. The highest BCUT2D eigenvalue weighted by Gasteiger charge is 2.28. The summed E-state index contributed by atoms with van der Waals surface area (Å²) in [4.78, 5) is 21.8. The number of ether oxygens (including phenoxy) is 2. The van der Waals surface area contributed by atoms with Crippen LogP contribution in [0.3, 0.4) is 0 Å². The Hall–Kier alpha value is -2.54. The van der Waals surface area contributed by atoms with Gasteiger partial charge in [0.15, 0.2) is 11.5 Å². The average Bonchev–Trinajstić information content (AvgIpc) is 3.20. The standard InChI is InChI=1S/C21H30N4O3/c1-23(2)12-13-24-11-9-22-20(24)17-6-5-10-25(15-17)21(26)16-7-8-18(27-3)19(14-16)28-4/h7-9,11,14,17H,5-6,10,12-13,15H2,1-4H3/t17-/m1/s1. The molecule has 1 fully saturated rings. The molecule has 0 unspecified atom stereocenters. The molecule has 7 nitrogen and oxygen atoms in total. The van der Waals surface area contributed by atoms with Crippen LogP contribution in [0.15, 0.2) is 30.6 Å². The van der Waals surface area contributed by atoms with E-state index in [1.807, 2.05) is 17.3 Å². The number of methoxy groups -OCH3 is 2. The first-order valence-electron chi connectivity index (χ1n) is 9.70. The Balaban J connectivity index is 1.73. The lowest BCUT2D eigenvalue weighted by molar-refractivity contribution is 0.0702. The molecule has 0 aliphatic carbocycles. The van der Waals surface area contributed by atoms with E-state index in [4.69, 9.17) is 9.47 Å². The van der Waals surface area contributed by atoms with E-state index < -0.39 is 0 Å². The number of hydrogen-bond donors (Lipinski definition) is 0. The van der Waals surface area contributed by atoms with E-state index in [1.165, 1.54) is 0 Å². The van der Waals surface area contributed by atoms with Gasteiger partial charge in [-0.2, -0.15) is 0 Å². The predicted molar refractivity (Wildman–Crippen MR) is 108 cm³/mol. The van der Waals surface area contributed by atoms with Crippen molar-refractivity contribution in [3.05, 3.63) is 42.0 Å². The Bertz CT molecular complexity index is 803. The molecule has 1 atom stereocenters. The minimum atomic E-state index is 0.0250. The first kappa shape index (κ1) is 20.2. The molecule has 1 aliphatic heterocycles. The maximum absolute atomic E-state index is 13.1. The van der Waals surface area contributed by atoms with Gasteiger partial charge in [0.05, 0.1) is 14.2 Å². The van der Waals surface area contributed by atoms with Crippen LogP contribution < -0.4 is 9.47 Å². The molecule has 0 N–H and O–H groups in total. The van der Waals surface area contributed by atoms with Gasteiger partial charge in [-0.05, 0) is 45.1 Å². The molecule has 28 heavy (non-hydrogen) atoms. The number of carbonyl (C=O) groups is 1. The van der Waals surface area contributed by atoms with Crippen molar-refractivity contribution in [1.29, 1.82) is 0 Å². The van der Waals surface area contributed by atoms with Gasteiger partial charge in [0, 0.05) is 50.1 Å². The molecular weight excluding hydrogens is 356 g/mol. The summed E-state index contributed by atoms with van der Waals surface area (Å²) < 4.78 is 12.8. The van der Waals surface area contributed by atoms with E-state index in [0.29, 0.717) is 23.6 Å². The van der Waals surface area contributed by atoms with Crippen LogP contribution >= 0.6 is 0 Å². The van der Waals surface area contributed by atoms with Crippen molar-refractivity contribution in [2.75, 3.05) is 47.9 Å². The minimum Gasteiger partial charge on any atom is -0.493 e. The van der Waals surface area contributed by atoms with Crippen LogP contribution in [0, 0.1) is 0 Å². The highest BCUT2D eigenvalue weighted by Crippen LogP contribution is 2.30. The summed E-state index contributed by atoms with van der Waals surface area (Å²) in [6.07, 6.45) is 5.92. The van der Waals surface area contributed by atoms with Crippen LogP contribution in [-0.4, -0.2) is 73.2 Å². The first-order chi connectivity index (χ1) is 13.5. The Morgan fingerprint density at radius 2 is 2.04 bits per heavy atom. The van der Waals surface area contributed by atoms with Crippen LogP contribution in [0.5, 0.6) is 11.5 Å². The molecule has 0 saturated carbocycles. The lowest BCUT2D eigenvalue weighted by Gasteiger charge is -2.33. The first-order valence-corrected chi connectivity index (χ1v) is 9.70. The molecule has 0 bridgehead atoms. The van der Waals surface area contributed by atoms with Gasteiger partial charge >= 0.3 is 0 Å². The molecular formula is C21H30N4O3. The number of piperidine rings is 1. The van der Waals surface area contributed by atoms with E-state index in [9.17, 15) is 4.79 Å². The van der Waals surface area contributed by atoms with E-state index in [0.717, 1.165) is 38.3 Å². The molecule has 0 radical (unpaired) electrons. The second-order valence-electron chi connectivity index (χ2n) is 7.44. The van der Waals surface area contributed by atoms with Gasteiger partial charge in [0.2, 0.25) is 0 Å². The van der Waals surface area contributed by atoms with Crippen molar-refractivity contribution in [3.8, 4) is 11.5 Å². The molecule has 1 aromatic carbocycles. The fourth-order valence-corrected chi connectivity index (χ4v) is 3.70. The molecule has 1 aliphatic rings. The smallest absolute Gasteiger partial charge is 0.254 e. The number of hydrogen-bond acceptors (Lipinski definition) is 5. The van der Waals surface area contributed by atoms with Crippen molar-refractivity contribution >= 4 is 5.91 Å².